The van der Waals surface area contributed by atoms with E-state index in [0.717, 1.165) is 6.42 Å². The summed E-state index contributed by atoms with van der Waals surface area (Å²) >= 11 is 0. The van der Waals surface area contributed by atoms with E-state index < -0.39 is 5.97 Å². The van der Waals surface area contributed by atoms with Gasteiger partial charge in [0.15, 0.2) is 0 Å². The van der Waals surface area contributed by atoms with E-state index in [1.165, 1.54) is 4.90 Å². The fourth-order valence-electron chi connectivity index (χ4n) is 4.25. The number of carboxylic acids is 1. The van der Waals surface area contributed by atoms with E-state index in [1.807, 2.05) is 0 Å². The molecule has 2 amide bonds. The number of hydrogen-bond donors (Lipinski definition) is 1. The predicted octanol–water partition coefficient (Wildman–Crippen LogP) is 1.44. The molecule has 1 aliphatic heterocycles. The zero-order valence-electron chi connectivity index (χ0n) is 11.8. The fraction of sp³-hybridized carbons (Fsp3) is 0.667. The third kappa shape index (κ3) is 1.65. The van der Waals surface area contributed by atoms with Crippen molar-refractivity contribution in [3.8, 4) is 0 Å². The highest BCUT2D eigenvalue weighted by atomic mass is 16.4. The Bertz CT molecular complexity index is 504. The Hall–Kier alpha value is -1.65. The third-order valence-corrected chi connectivity index (χ3v) is 5.35. The van der Waals surface area contributed by atoms with E-state index in [-0.39, 0.29) is 47.4 Å². The van der Waals surface area contributed by atoms with Crippen molar-refractivity contribution in [2.45, 2.75) is 33.1 Å². The number of nitrogens with zero attached hydrogens (tertiary/aromatic N) is 1. The molecule has 1 saturated heterocycles. The molecule has 3 rings (SSSR count). The standard InChI is InChI=1S/C15H19NO4/c1-14-4-5-15(2,8-14)10-7-9(14)12(19)16(13(10)20)6-3-11(17)18/h4-5,9-10H,3,6-8H2,1-2H3,(H,17,18). The molecule has 20 heavy (non-hydrogen) atoms. The van der Waals surface area contributed by atoms with Gasteiger partial charge >= 0.3 is 5.97 Å². The normalized spacial score (nSPS) is 42.2. The highest BCUT2D eigenvalue weighted by Gasteiger charge is 2.61. The second-order valence-electron chi connectivity index (χ2n) is 6.83. The van der Waals surface area contributed by atoms with Crippen molar-refractivity contribution >= 4 is 17.8 Å². The molecule has 0 aromatic heterocycles. The maximum atomic E-state index is 12.5. The van der Waals surface area contributed by atoms with Crippen molar-refractivity contribution < 1.29 is 19.5 Å². The summed E-state index contributed by atoms with van der Waals surface area (Å²) in [5, 5.41) is 8.78. The van der Waals surface area contributed by atoms with Gasteiger partial charge in [-0.2, -0.15) is 0 Å². The smallest absolute Gasteiger partial charge is 0.305 e. The number of carboxylic acid groups (broad SMARTS) is 1. The minimum atomic E-state index is -0.986. The molecule has 0 aromatic carbocycles. The Morgan fingerprint density at radius 1 is 1.25 bits per heavy atom. The predicted molar refractivity (Wildman–Crippen MR) is 70.5 cm³/mol. The van der Waals surface area contributed by atoms with Crippen LogP contribution in [0.4, 0.5) is 0 Å². The molecule has 2 aliphatic carbocycles. The Morgan fingerprint density at radius 3 is 2.20 bits per heavy atom. The van der Waals surface area contributed by atoms with Gasteiger partial charge < -0.3 is 5.11 Å². The summed E-state index contributed by atoms with van der Waals surface area (Å²) < 4.78 is 0. The van der Waals surface area contributed by atoms with E-state index in [2.05, 4.69) is 26.0 Å². The minimum Gasteiger partial charge on any atom is -0.481 e. The molecule has 0 spiro atoms. The SMILES string of the molecule is CC12C=CC(C)(C1)C1CC2C(=O)N(CCC(=O)O)C1=O. The number of aliphatic carboxylic acids is 1. The van der Waals surface area contributed by atoms with Gasteiger partial charge in [-0.1, -0.05) is 26.0 Å². The molecule has 0 radical (unpaired) electrons. The Morgan fingerprint density at radius 2 is 1.75 bits per heavy atom. The lowest BCUT2D eigenvalue weighted by Gasteiger charge is -2.51. The van der Waals surface area contributed by atoms with Crippen LogP contribution in [0.5, 0.6) is 0 Å². The first-order valence-electron chi connectivity index (χ1n) is 7.04. The lowest BCUT2D eigenvalue weighted by Crippen LogP contribution is -2.59. The summed E-state index contributed by atoms with van der Waals surface area (Å²) in [6.45, 7) is 4.13. The number of allylic oxidation sites excluding steroid dienone is 2. The van der Waals surface area contributed by atoms with Crippen LogP contribution in [-0.4, -0.2) is 34.3 Å². The molecule has 5 heteroatoms. The summed E-state index contributed by atoms with van der Waals surface area (Å²) in [5.74, 6) is -1.75. The van der Waals surface area contributed by atoms with Crippen LogP contribution in [0.2, 0.25) is 0 Å². The largest absolute Gasteiger partial charge is 0.481 e. The van der Waals surface area contributed by atoms with Gasteiger partial charge in [-0.25, -0.2) is 0 Å². The van der Waals surface area contributed by atoms with Crippen LogP contribution in [0.1, 0.15) is 33.1 Å². The highest BCUT2D eigenvalue weighted by molar-refractivity contribution is 6.01. The Labute approximate surface area is 117 Å². The zero-order valence-corrected chi connectivity index (χ0v) is 11.8. The molecule has 4 bridgehead atoms. The van der Waals surface area contributed by atoms with Crippen molar-refractivity contribution in [3.05, 3.63) is 12.2 Å². The Balaban J connectivity index is 1.94. The van der Waals surface area contributed by atoms with Gasteiger partial charge in [0.2, 0.25) is 11.8 Å². The van der Waals surface area contributed by atoms with Crippen LogP contribution >= 0.6 is 0 Å². The van der Waals surface area contributed by atoms with Gasteiger partial charge in [-0.3, -0.25) is 19.3 Å². The summed E-state index contributed by atoms with van der Waals surface area (Å²) in [5.41, 5.74) is -0.380. The highest BCUT2D eigenvalue weighted by Crippen LogP contribution is 2.61. The second kappa shape index (κ2) is 3.93. The van der Waals surface area contributed by atoms with E-state index >= 15 is 0 Å². The lowest BCUT2D eigenvalue weighted by atomic mass is 9.56. The number of piperidine rings is 1. The molecule has 2 fully saturated rings. The van der Waals surface area contributed by atoms with Crippen molar-refractivity contribution in [1.82, 2.24) is 4.90 Å². The Kier molecular flexibility index (Phi) is 2.62. The van der Waals surface area contributed by atoms with Crippen molar-refractivity contribution in [1.29, 1.82) is 0 Å². The van der Waals surface area contributed by atoms with Crippen molar-refractivity contribution in [2.24, 2.45) is 22.7 Å². The van der Waals surface area contributed by atoms with E-state index in [0.29, 0.717) is 6.42 Å². The second-order valence-corrected chi connectivity index (χ2v) is 6.83. The summed E-state index contributed by atoms with van der Waals surface area (Å²) in [6.07, 6.45) is 5.42. The van der Waals surface area contributed by atoms with E-state index in [9.17, 15) is 14.4 Å². The zero-order chi connectivity index (χ0) is 14.7. The van der Waals surface area contributed by atoms with Gasteiger partial charge in [0.05, 0.1) is 6.42 Å². The molecule has 108 valence electrons. The molecule has 1 saturated carbocycles. The third-order valence-electron chi connectivity index (χ3n) is 5.35. The topological polar surface area (TPSA) is 74.7 Å². The number of hydrogen-bond acceptors (Lipinski definition) is 3. The fourth-order valence-corrected chi connectivity index (χ4v) is 4.25. The van der Waals surface area contributed by atoms with Gasteiger partial charge in [0, 0.05) is 18.4 Å². The lowest BCUT2D eigenvalue weighted by molar-refractivity contribution is -0.167. The molecule has 3 aliphatic rings. The minimum absolute atomic E-state index is 0.00778. The van der Waals surface area contributed by atoms with Crippen LogP contribution in [0.15, 0.2) is 12.2 Å². The maximum absolute atomic E-state index is 12.5. The first-order valence-corrected chi connectivity index (χ1v) is 7.04. The van der Waals surface area contributed by atoms with Gasteiger partial charge in [-0.15, -0.1) is 0 Å². The van der Waals surface area contributed by atoms with Crippen LogP contribution in [0, 0.1) is 22.7 Å². The number of amides is 2. The average molecular weight is 277 g/mol. The number of rotatable bonds is 3. The van der Waals surface area contributed by atoms with Crippen molar-refractivity contribution in [2.75, 3.05) is 6.54 Å². The molecule has 1 heterocycles. The maximum Gasteiger partial charge on any atom is 0.305 e. The molecular weight excluding hydrogens is 258 g/mol. The number of likely N-dealkylation sites (tertiary alicyclic amines) is 1. The summed E-state index contributed by atoms with van der Waals surface area (Å²) in [6, 6.07) is 0. The number of fused-ring (bicyclic) bond motifs is 6. The van der Waals surface area contributed by atoms with Crippen LogP contribution in [-0.2, 0) is 14.4 Å². The van der Waals surface area contributed by atoms with Crippen LogP contribution < -0.4 is 0 Å². The first kappa shape index (κ1) is 13.3. The number of carbonyl (C=O) groups excluding carboxylic acids is 2. The van der Waals surface area contributed by atoms with Gasteiger partial charge in [0.1, 0.15) is 0 Å². The summed E-state index contributed by atoms with van der Waals surface area (Å²) in [4.78, 5) is 37.0. The monoisotopic (exact) mass is 277 g/mol. The molecule has 4 unspecified atom stereocenters. The molecule has 4 atom stereocenters. The average Bonchev–Trinajstić information content (AvgIpc) is 2.61. The van der Waals surface area contributed by atoms with E-state index in [1.54, 1.807) is 0 Å². The molecule has 0 aromatic rings. The quantitative estimate of drug-likeness (QED) is 0.625. The van der Waals surface area contributed by atoms with Crippen LogP contribution in [0.3, 0.4) is 0 Å². The van der Waals surface area contributed by atoms with Gasteiger partial charge in [-0.05, 0) is 23.7 Å². The van der Waals surface area contributed by atoms with Crippen molar-refractivity contribution in [3.63, 3.8) is 0 Å². The first-order chi connectivity index (χ1) is 9.27. The molecule has 1 N–H and O–H groups in total. The van der Waals surface area contributed by atoms with Gasteiger partial charge in [0.25, 0.3) is 0 Å². The van der Waals surface area contributed by atoms with Crippen LogP contribution in [0.25, 0.3) is 0 Å². The number of imide groups is 1. The summed E-state index contributed by atoms with van der Waals surface area (Å²) in [7, 11) is 0. The number of carbonyl (C=O) groups is 3. The van der Waals surface area contributed by atoms with E-state index in [4.69, 9.17) is 5.11 Å². The molecular formula is C15H19NO4. The molecule has 5 nitrogen and oxygen atoms in total.